The summed E-state index contributed by atoms with van der Waals surface area (Å²) < 4.78 is 0.908. The van der Waals surface area contributed by atoms with Gasteiger partial charge < -0.3 is 10.4 Å². The Morgan fingerprint density at radius 3 is 2.30 bits per heavy atom. The van der Waals surface area contributed by atoms with E-state index in [1.165, 1.54) is 19.1 Å². The summed E-state index contributed by atoms with van der Waals surface area (Å²) >= 11 is 0. The Balaban J connectivity index is 1.94. The summed E-state index contributed by atoms with van der Waals surface area (Å²) in [5.41, 5.74) is 0.0419. The van der Waals surface area contributed by atoms with Gasteiger partial charge in [-0.25, -0.2) is 9.48 Å². The average molecular weight is 407 g/mol. The molecule has 154 valence electrons. The van der Waals surface area contributed by atoms with Gasteiger partial charge in [-0.3, -0.25) is 14.4 Å². The van der Waals surface area contributed by atoms with E-state index in [4.69, 9.17) is 0 Å². The normalized spacial score (nSPS) is 11.8. The molecule has 3 aromatic rings. The molecule has 1 amide bonds. The number of carboxylic acids is 1. The number of carboxylic acid groups (broad SMARTS) is 1. The fourth-order valence-electron chi connectivity index (χ4n) is 3.15. The van der Waals surface area contributed by atoms with Gasteiger partial charge in [-0.1, -0.05) is 25.1 Å². The second kappa shape index (κ2) is 8.69. The van der Waals surface area contributed by atoms with E-state index in [2.05, 4.69) is 10.4 Å². The topological polar surface area (TPSA) is 118 Å². The molecular formula is C22H21N3O5. The van der Waals surface area contributed by atoms with Crippen LogP contribution in [0.4, 0.5) is 5.69 Å². The SMILES string of the molecule is CCCC(=O)Nc1ccc(C(=O)C(C)n2nc(C(=O)O)c3ccccc3c2=O)cc1. The summed E-state index contributed by atoms with van der Waals surface area (Å²) in [7, 11) is 0. The second-order valence-electron chi connectivity index (χ2n) is 6.86. The maximum absolute atomic E-state index is 12.9. The first-order valence-electron chi connectivity index (χ1n) is 9.52. The lowest BCUT2D eigenvalue weighted by Crippen LogP contribution is -2.32. The predicted molar refractivity (Wildman–Crippen MR) is 112 cm³/mol. The molecule has 0 spiro atoms. The molecule has 0 fully saturated rings. The van der Waals surface area contributed by atoms with Crippen LogP contribution < -0.4 is 10.9 Å². The van der Waals surface area contributed by atoms with Crippen LogP contribution in [-0.2, 0) is 4.79 Å². The van der Waals surface area contributed by atoms with Crippen LogP contribution in [0.1, 0.15) is 53.6 Å². The van der Waals surface area contributed by atoms with Gasteiger partial charge in [-0.15, -0.1) is 0 Å². The van der Waals surface area contributed by atoms with Crippen molar-refractivity contribution in [2.75, 3.05) is 5.32 Å². The van der Waals surface area contributed by atoms with Gasteiger partial charge in [0, 0.05) is 23.1 Å². The molecule has 8 heteroatoms. The standard InChI is InChI=1S/C22H21N3O5/c1-3-6-18(26)23-15-11-9-14(10-12-15)20(27)13(2)25-21(28)17-8-5-4-7-16(17)19(24-25)22(29)30/h4-5,7-13H,3,6H2,1-2H3,(H,23,26)(H,29,30). The second-order valence-corrected chi connectivity index (χ2v) is 6.86. The van der Waals surface area contributed by atoms with E-state index in [1.807, 2.05) is 6.92 Å². The first-order valence-corrected chi connectivity index (χ1v) is 9.52. The van der Waals surface area contributed by atoms with Crippen molar-refractivity contribution >= 4 is 34.1 Å². The summed E-state index contributed by atoms with van der Waals surface area (Å²) in [4.78, 5) is 49.0. The first-order chi connectivity index (χ1) is 14.3. The van der Waals surface area contributed by atoms with Gasteiger partial charge in [0.15, 0.2) is 11.5 Å². The van der Waals surface area contributed by atoms with Crippen molar-refractivity contribution in [2.24, 2.45) is 0 Å². The zero-order valence-corrected chi connectivity index (χ0v) is 16.6. The molecule has 1 unspecified atom stereocenters. The average Bonchev–Trinajstić information content (AvgIpc) is 2.73. The van der Waals surface area contributed by atoms with Gasteiger partial charge in [0.2, 0.25) is 5.91 Å². The van der Waals surface area contributed by atoms with E-state index in [9.17, 15) is 24.3 Å². The van der Waals surface area contributed by atoms with Gasteiger partial charge in [-0.2, -0.15) is 5.10 Å². The van der Waals surface area contributed by atoms with Gasteiger partial charge in [0.25, 0.3) is 5.56 Å². The molecule has 0 aliphatic rings. The van der Waals surface area contributed by atoms with Crippen LogP contribution in [-0.4, -0.2) is 32.5 Å². The van der Waals surface area contributed by atoms with E-state index >= 15 is 0 Å². The number of hydrogen-bond donors (Lipinski definition) is 2. The van der Waals surface area contributed by atoms with Gasteiger partial charge in [0.05, 0.1) is 5.39 Å². The molecule has 0 radical (unpaired) electrons. The Morgan fingerprint density at radius 1 is 1.07 bits per heavy atom. The maximum atomic E-state index is 12.9. The number of benzene rings is 2. The van der Waals surface area contributed by atoms with Crippen LogP contribution in [0.5, 0.6) is 0 Å². The van der Waals surface area contributed by atoms with E-state index in [0.29, 0.717) is 17.7 Å². The van der Waals surface area contributed by atoms with Crippen LogP contribution in [0.15, 0.2) is 53.3 Å². The highest BCUT2D eigenvalue weighted by Gasteiger charge is 2.23. The molecule has 1 heterocycles. The highest BCUT2D eigenvalue weighted by atomic mass is 16.4. The Kier molecular flexibility index (Phi) is 6.06. The van der Waals surface area contributed by atoms with E-state index < -0.39 is 23.4 Å². The van der Waals surface area contributed by atoms with Gasteiger partial charge >= 0.3 is 5.97 Å². The van der Waals surface area contributed by atoms with E-state index in [1.54, 1.807) is 36.4 Å². The molecule has 0 aliphatic heterocycles. The zero-order chi connectivity index (χ0) is 21.8. The molecule has 0 saturated carbocycles. The number of anilines is 1. The summed E-state index contributed by atoms with van der Waals surface area (Å²) in [6, 6.07) is 11.5. The lowest BCUT2D eigenvalue weighted by Gasteiger charge is -2.15. The van der Waals surface area contributed by atoms with E-state index in [0.717, 1.165) is 11.1 Å². The quantitative estimate of drug-likeness (QED) is 0.580. The first kappa shape index (κ1) is 20.9. The molecule has 0 saturated heterocycles. The lowest BCUT2D eigenvalue weighted by molar-refractivity contribution is -0.116. The number of Topliss-reactive ketones (excluding diaryl/α,β-unsaturated/α-hetero) is 1. The molecule has 1 aromatic heterocycles. The van der Waals surface area contributed by atoms with Crippen LogP contribution >= 0.6 is 0 Å². The number of carbonyl (C=O) groups is 3. The Morgan fingerprint density at radius 2 is 1.70 bits per heavy atom. The van der Waals surface area contributed by atoms with Crippen molar-refractivity contribution in [1.82, 2.24) is 9.78 Å². The number of aromatic carboxylic acids is 1. The number of ketones is 1. The number of hydrogen-bond acceptors (Lipinski definition) is 5. The molecule has 1 atom stereocenters. The Bertz CT molecular complexity index is 1180. The van der Waals surface area contributed by atoms with Crippen LogP contribution in [0, 0.1) is 0 Å². The van der Waals surface area contributed by atoms with Gasteiger partial charge in [-0.05, 0) is 43.7 Å². The lowest BCUT2D eigenvalue weighted by atomic mass is 10.0. The third-order valence-electron chi connectivity index (χ3n) is 4.71. The zero-order valence-electron chi connectivity index (χ0n) is 16.6. The summed E-state index contributed by atoms with van der Waals surface area (Å²) in [5, 5.41) is 16.6. The van der Waals surface area contributed by atoms with E-state index in [-0.39, 0.29) is 22.4 Å². The van der Waals surface area contributed by atoms with Crippen molar-refractivity contribution in [3.8, 4) is 0 Å². The summed E-state index contributed by atoms with van der Waals surface area (Å²) in [6.07, 6.45) is 1.13. The minimum Gasteiger partial charge on any atom is -0.476 e. The monoisotopic (exact) mass is 407 g/mol. The number of fused-ring (bicyclic) bond motifs is 1. The smallest absolute Gasteiger partial charge is 0.357 e. The number of nitrogens with zero attached hydrogens (tertiary/aromatic N) is 2. The van der Waals surface area contributed by atoms with Crippen LogP contribution in [0.25, 0.3) is 10.8 Å². The molecular weight excluding hydrogens is 386 g/mol. The predicted octanol–water partition coefficient (Wildman–Crippen LogP) is 3.28. The Labute approximate surface area is 172 Å². The molecule has 2 aromatic carbocycles. The number of amides is 1. The van der Waals surface area contributed by atoms with Crippen molar-refractivity contribution < 1.29 is 19.5 Å². The fraction of sp³-hybridized carbons (Fsp3) is 0.227. The number of aromatic nitrogens is 2. The highest BCUT2D eigenvalue weighted by Crippen LogP contribution is 2.18. The van der Waals surface area contributed by atoms with Crippen molar-refractivity contribution in [3.63, 3.8) is 0 Å². The highest BCUT2D eigenvalue weighted by molar-refractivity contribution is 6.02. The minimum absolute atomic E-state index is 0.113. The molecule has 3 rings (SSSR count). The van der Waals surface area contributed by atoms with Crippen molar-refractivity contribution in [3.05, 3.63) is 70.1 Å². The summed E-state index contributed by atoms with van der Waals surface area (Å²) in [5.74, 6) is -1.80. The molecule has 2 N–H and O–H groups in total. The third kappa shape index (κ3) is 4.12. The van der Waals surface area contributed by atoms with Crippen LogP contribution in [0.2, 0.25) is 0 Å². The fourth-order valence-corrected chi connectivity index (χ4v) is 3.15. The maximum Gasteiger partial charge on any atom is 0.357 e. The molecule has 0 aliphatic carbocycles. The molecule has 30 heavy (non-hydrogen) atoms. The molecule has 8 nitrogen and oxygen atoms in total. The third-order valence-corrected chi connectivity index (χ3v) is 4.71. The van der Waals surface area contributed by atoms with Crippen molar-refractivity contribution in [2.45, 2.75) is 32.7 Å². The largest absolute Gasteiger partial charge is 0.476 e. The Hall–Kier alpha value is -3.81. The summed E-state index contributed by atoms with van der Waals surface area (Å²) in [6.45, 7) is 3.40. The number of carbonyl (C=O) groups excluding carboxylic acids is 2. The molecule has 0 bridgehead atoms. The van der Waals surface area contributed by atoms with Crippen molar-refractivity contribution in [1.29, 1.82) is 0 Å². The number of nitrogens with one attached hydrogen (secondary N) is 1. The minimum atomic E-state index is -1.29. The van der Waals surface area contributed by atoms with Gasteiger partial charge in [0.1, 0.15) is 6.04 Å². The number of rotatable bonds is 7. The van der Waals surface area contributed by atoms with Crippen LogP contribution in [0.3, 0.4) is 0 Å².